The Labute approximate surface area is 167 Å². The number of hydrogen-bond acceptors (Lipinski definition) is 3. The van der Waals surface area contributed by atoms with Gasteiger partial charge in [0.25, 0.3) is 0 Å². The fourth-order valence-electron chi connectivity index (χ4n) is 4.80. The summed E-state index contributed by atoms with van der Waals surface area (Å²) in [4.78, 5) is 40.8. The van der Waals surface area contributed by atoms with Crippen LogP contribution in [0, 0.1) is 17.8 Å². The van der Waals surface area contributed by atoms with Gasteiger partial charge in [0.1, 0.15) is 0 Å². The van der Waals surface area contributed by atoms with Crippen molar-refractivity contribution in [2.24, 2.45) is 17.8 Å². The summed E-state index contributed by atoms with van der Waals surface area (Å²) in [5, 5.41) is 6.17. The number of amides is 4. The van der Waals surface area contributed by atoms with Gasteiger partial charge >= 0.3 is 6.03 Å². The van der Waals surface area contributed by atoms with Crippen molar-refractivity contribution in [3.63, 3.8) is 0 Å². The van der Waals surface area contributed by atoms with Gasteiger partial charge in [-0.2, -0.15) is 0 Å². The van der Waals surface area contributed by atoms with Gasteiger partial charge in [-0.3, -0.25) is 9.59 Å². The van der Waals surface area contributed by atoms with E-state index in [0.717, 1.165) is 51.9 Å². The highest BCUT2D eigenvalue weighted by Crippen LogP contribution is 2.28. The topological polar surface area (TPSA) is 81.8 Å². The van der Waals surface area contributed by atoms with Crippen molar-refractivity contribution in [1.29, 1.82) is 0 Å². The van der Waals surface area contributed by atoms with E-state index in [0.29, 0.717) is 30.8 Å². The summed E-state index contributed by atoms with van der Waals surface area (Å²) >= 11 is 0. The fraction of sp³-hybridized carbons (Fsp3) is 0.857. The molecule has 28 heavy (non-hydrogen) atoms. The summed E-state index contributed by atoms with van der Waals surface area (Å²) in [5.41, 5.74) is 0. The molecule has 1 unspecified atom stereocenters. The maximum absolute atomic E-state index is 12.4. The summed E-state index contributed by atoms with van der Waals surface area (Å²) in [6.45, 7) is 3.57. The lowest BCUT2D eigenvalue weighted by atomic mass is 9.96. The van der Waals surface area contributed by atoms with Gasteiger partial charge in [0.05, 0.1) is 5.92 Å². The third-order valence-corrected chi connectivity index (χ3v) is 6.91. The van der Waals surface area contributed by atoms with Crippen LogP contribution < -0.4 is 10.6 Å². The molecular formula is C21H34N4O3. The molecule has 7 heteroatoms. The molecule has 156 valence electrons. The van der Waals surface area contributed by atoms with Crippen LogP contribution in [-0.2, 0) is 9.59 Å². The minimum Gasteiger partial charge on any atom is -0.356 e. The molecule has 4 fully saturated rings. The number of piperidine rings is 1. The molecule has 0 bridgehead atoms. The van der Waals surface area contributed by atoms with E-state index in [1.165, 1.54) is 25.7 Å². The van der Waals surface area contributed by atoms with E-state index in [9.17, 15) is 14.4 Å². The Morgan fingerprint density at radius 1 is 0.964 bits per heavy atom. The molecule has 4 aliphatic rings. The Kier molecular flexibility index (Phi) is 6.07. The highest BCUT2D eigenvalue weighted by atomic mass is 16.2. The van der Waals surface area contributed by atoms with E-state index in [-0.39, 0.29) is 23.8 Å². The molecule has 2 saturated heterocycles. The van der Waals surface area contributed by atoms with Crippen LogP contribution in [0.2, 0.25) is 0 Å². The number of hydrogen-bond donors (Lipinski definition) is 2. The van der Waals surface area contributed by atoms with Crippen molar-refractivity contribution in [3.05, 3.63) is 0 Å². The number of nitrogens with one attached hydrogen (secondary N) is 2. The van der Waals surface area contributed by atoms with E-state index in [1.54, 1.807) is 0 Å². The standard InChI is InChI=1S/C21H34N4O3/c26-19-11-17(20(27)22-12-15-5-6-15)14-25(19)13-16-7-9-24(10-8-16)21(28)23-18-3-1-2-4-18/h15-18H,1-14H2,(H,22,27)(H,23,28). The zero-order chi connectivity index (χ0) is 19.5. The number of likely N-dealkylation sites (tertiary alicyclic amines) is 2. The highest BCUT2D eigenvalue weighted by Gasteiger charge is 2.36. The zero-order valence-corrected chi connectivity index (χ0v) is 16.8. The van der Waals surface area contributed by atoms with Crippen molar-refractivity contribution < 1.29 is 14.4 Å². The van der Waals surface area contributed by atoms with E-state index in [2.05, 4.69) is 10.6 Å². The van der Waals surface area contributed by atoms with Gasteiger partial charge in [-0.1, -0.05) is 12.8 Å². The molecule has 2 aliphatic carbocycles. The average Bonchev–Trinajstić information content (AvgIpc) is 3.26. The molecule has 4 rings (SSSR count). The zero-order valence-electron chi connectivity index (χ0n) is 16.8. The second kappa shape index (κ2) is 8.70. The second-order valence-corrected chi connectivity index (χ2v) is 9.25. The Morgan fingerprint density at radius 3 is 2.36 bits per heavy atom. The Balaban J connectivity index is 1.17. The predicted molar refractivity (Wildman–Crippen MR) is 106 cm³/mol. The van der Waals surface area contributed by atoms with Crippen molar-refractivity contribution >= 4 is 17.8 Å². The number of urea groups is 1. The molecule has 4 amide bonds. The van der Waals surface area contributed by atoms with Crippen LogP contribution >= 0.6 is 0 Å². The fourth-order valence-corrected chi connectivity index (χ4v) is 4.80. The molecule has 0 aromatic heterocycles. The van der Waals surface area contributed by atoms with Crippen LogP contribution in [0.5, 0.6) is 0 Å². The summed E-state index contributed by atoms with van der Waals surface area (Å²) in [6, 6.07) is 0.436. The quantitative estimate of drug-likeness (QED) is 0.725. The summed E-state index contributed by atoms with van der Waals surface area (Å²) in [5.74, 6) is 1.04. The first kappa shape index (κ1) is 19.5. The number of carbonyl (C=O) groups is 3. The van der Waals surface area contributed by atoms with Gasteiger partial charge in [-0.25, -0.2) is 4.79 Å². The maximum atomic E-state index is 12.4. The van der Waals surface area contributed by atoms with E-state index in [1.807, 2.05) is 9.80 Å². The third kappa shape index (κ3) is 4.97. The Bertz CT molecular complexity index is 592. The number of rotatable bonds is 6. The first-order chi connectivity index (χ1) is 13.6. The average molecular weight is 391 g/mol. The lowest BCUT2D eigenvalue weighted by Crippen LogP contribution is -2.48. The Hall–Kier alpha value is -1.79. The summed E-state index contributed by atoms with van der Waals surface area (Å²) < 4.78 is 0. The van der Waals surface area contributed by atoms with Gasteiger partial charge in [-0.05, 0) is 50.4 Å². The molecule has 2 saturated carbocycles. The van der Waals surface area contributed by atoms with Gasteiger partial charge in [-0.15, -0.1) is 0 Å². The minimum absolute atomic E-state index is 0.0427. The van der Waals surface area contributed by atoms with Crippen molar-refractivity contribution in [2.45, 2.75) is 63.8 Å². The van der Waals surface area contributed by atoms with E-state index in [4.69, 9.17) is 0 Å². The van der Waals surface area contributed by atoms with Crippen LogP contribution in [0.1, 0.15) is 57.8 Å². The van der Waals surface area contributed by atoms with E-state index >= 15 is 0 Å². The lowest BCUT2D eigenvalue weighted by Gasteiger charge is -2.34. The molecule has 1 atom stereocenters. The van der Waals surface area contributed by atoms with E-state index < -0.39 is 0 Å². The normalized spacial score (nSPS) is 26.7. The van der Waals surface area contributed by atoms with Crippen LogP contribution in [0.15, 0.2) is 0 Å². The van der Waals surface area contributed by atoms with Gasteiger partial charge in [0, 0.05) is 45.2 Å². The van der Waals surface area contributed by atoms with Crippen LogP contribution in [0.3, 0.4) is 0 Å². The SMILES string of the molecule is O=C(NCC1CC1)C1CC(=O)N(CC2CCN(C(=O)NC3CCCC3)CC2)C1. The molecule has 0 aromatic rings. The smallest absolute Gasteiger partial charge is 0.317 e. The molecular weight excluding hydrogens is 356 g/mol. The van der Waals surface area contributed by atoms with Crippen LogP contribution in [-0.4, -0.2) is 66.4 Å². The second-order valence-electron chi connectivity index (χ2n) is 9.25. The van der Waals surface area contributed by atoms with Gasteiger partial charge in [0.2, 0.25) is 11.8 Å². The first-order valence-corrected chi connectivity index (χ1v) is 11.2. The molecule has 0 radical (unpaired) electrons. The lowest BCUT2D eigenvalue weighted by molar-refractivity contribution is -0.129. The molecule has 0 spiro atoms. The summed E-state index contributed by atoms with van der Waals surface area (Å²) in [7, 11) is 0. The molecule has 2 N–H and O–H groups in total. The molecule has 2 heterocycles. The molecule has 2 aliphatic heterocycles. The predicted octanol–water partition coefficient (Wildman–Crippen LogP) is 1.73. The van der Waals surface area contributed by atoms with Crippen molar-refractivity contribution in [3.8, 4) is 0 Å². The van der Waals surface area contributed by atoms with Crippen molar-refractivity contribution in [2.75, 3.05) is 32.7 Å². The minimum atomic E-state index is -0.191. The van der Waals surface area contributed by atoms with Crippen molar-refractivity contribution in [1.82, 2.24) is 20.4 Å². The van der Waals surface area contributed by atoms with Gasteiger partial charge < -0.3 is 20.4 Å². The monoisotopic (exact) mass is 390 g/mol. The first-order valence-electron chi connectivity index (χ1n) is 11.2. The highest BCUT2D eigenvalue weighted by molar-refractivity contribution is 5.89. The number of nitrogens with zero attached hydrogens (tertiary/aromatic N) is 2. The van der Waals surface area contributed by atoms with Crippen LogP contribution in [0.4, 0.5) is 4.79 Å². The largest absolute Gasteiger partial charge is 0.356 e. The van der Waals surface area contributed by atoms with Crippen LogP contribution in [0.25, 0.3) is 0 Å². The maximum Gasteiger partial charge on any atom is 0.317 e. The molecule has 7 nitrogen and oxygen atoms in total. The Morgan fingerprint density at radius 2 is 1.68 bits per heavy atom. The van der Waals surface area contributed by atoms with Gasteiger partial charge in [0.15, 0.2) is 0 Å². The third-order valence-electron chi connectivity index (χ3n) is 6.91. The molecule has 0 aromatic carbocycles. The number of carbonyl (C=O) groups excluding carboxylic acids is 3. The summed E-state index contributed by atoms with van der Waals surface area (Å²) in [6.07, 6.45) is 9.29.